The molecule has 176 valence electrons. The highest BCUT2D eigenvalue weighted by molar-refractivity contribution is 7.99. The lowest BCUT2D eigenvalue weighted by Gasteiger charge is -2.35. The summed E-state index contributed by atoms with van der Waals surface area (Å²) < 4.78 is 5.62. The fourth-order valence-electron chi connectivity index (χ4n) is 5.84. The Morgan fingerprint density at radius 3 is 2.72 bits per heavy atom. The number of rotatable bonds is 9. The van der Waals surface area contributed by atoms with E-state index in [-0.39, 0.29) is 17.2 Å². The van der Waals surface area contributed by atoms with Crippen LogP contribution in [0.4, 0.5) is 0 Å². The molecule has 0 radical (unpaired) electrons. The highest BCUT2D eigenvalue weighted by Gasteiger charge is 2.51. The topological polar surface area (TPSA) is 49.9 Å². The number of ether oxygens (including phenoxy) is 1. The van der Waals surface area contributed by atoms with Crippen LogP contribution < -0.4 is 4.74 Å². The summed E-state index contributed by atoms with van der Waals surface area (Å²) >= 11 is 1.93. The van der Waals surface area contributed by atoms with Crippen molar-refractivity contribution in [1.82, 2.24) is 9.80 Å². The third-order valence-electron chi connectivity index (χ3n) is 7.59. The van der Waals surface area contributed by atoms with Gasteiger partial charge in [0.1, 0.15) is 5.75 Å². The van der Waals surface area contributed by atoms with E-state index in [1.807, 2.05) is 11.8 Å². The lowest BCUT2D eigenvalue weighted by Crippen LogP contribution is -2.42. The molecule has 3 aliphatic rings. The number of hydrogen-bond acceptors (Lipinski definition) is 5. The van der Waals surface area contributed by atoms with Crippen molar-refractivity contribution < 1.29 is 14.3 Å². The number of nitrogens with zero attached hydrogens (tertiary/aromatic N) is 2. The van der Waals surface area contributed by atoms with Gasteiger partial charge in [0.25, 0.3) is 0 Å². The van der Waals surface area contributed by atoms with Gasteiger partial charge in [0.15, 0.2) is 0 Å². The first kappa shape index (κ1) is 23.6. The first-order valence-electron chi connectivity index (χ1n) is 12.5. The zero-order chi connectivity index (χ0) is 22.6. The zero-order valence-electron chi connectivity index (χ0n) is 19.7. The van der Waals surface area contributed by atoms with Crippen LogP contribution in [-0.2, 0) is 16.0 Å². The van der Waals surface area contributed by atoms with E-state index in [0.29, 0.717) is 19.0 Å². The molecule has 0 N–H and O–H groups in total. The van der Waals surface area contributed by atoms with Gasteiger partial charge in [-0.3, -0.25) is 19.4 Å². The Balaban J connectivity index is 1.30. The number of carbonyl (C=O) groups excluding carboxylic acids is 2. The first-order valence-corrected chi connectivity index (χ1v) is 13.4. The van der Waals surface area contributed by atoms with Gasteiger partial charge in [-0.1, -0.05) is 32.3 Å². The van der Waals surface area contributed by atoms with Crippen LogP contribution >= 0.6 is 11.8 Å². The largest absolute Gasteiger partial charge is 0.496 e. The molecule has 2 heterocycles. The van der Waals surface area contributed by atoms with Gasteiger partial charge in [0, 0.05) is 35.2 Å². The summed E-state index contributed by atoms with van der Waals surface area (Å²) in [5, 5.41) is 0. The van der Waals surface area contributed by atoms with Crippen molar-refractivity contribution in [1.29, 1.82) is 0 Å². The van der Waals surface area contributed by atoms with E-state index in [9.17, 15) is 9.59 Å². The second-order valence-electron chi connectivity index (χ2n) is 9.72. The average molecular weight is 459 g/mol. The zero-order valence-corrected chi connectivity index (χ0v) is 20.6. The number of imide groups is 1. The standard InChI is InChI=1S/C26H38N2O3S/c1-3-14-27(20-17-21-22(31-2)10-9-11-23(21)32-19-20)15-7-8-16-28-24(29)18-26(25(28)30)12-5-4-6-13-26/h9-11,20H,3-8,12-19H2,1-2H3. The van der Waals surface area contributed by atoms with Crippen molar-refractivity contribution in [3.8, 4) is 5.75 Å². The summed E-state index contributed by atoms with van der Waals surface area (Å²) in [4.78, 5) is 31.2. The van der Waals surface area contributed by atoms with Crippen molar-refractivity contribution in [2.45, 2.75) is 82.1 Å². The Kier molecular flexibility index (Phi) is 7.83. The molecule has 1 saturated heterocycles. The van der Waals surface area contributed by atoms with E-state index in [1.165, 1.54) is 16.9 Å². The van der Waals surface area contributed by atoms with Gasteiger partial charge in [-0.15, -0.1) is 11.8 Å². The maximum Gasteiger partial charge on any atom is 0.235 e. The molecule has 6 heteroatoms. The van der Waals surface area contributed by atoms with Gasteiger partial charge < -0.3 is 4.74 Å². The van der Waals surface area contributed by atoms with Gasteiger partial charge in [-0.25, -0.2) is 0 Å². The van der Waals surface area contributed by atoms with Crippen LogP contribution in [0.3, 0.4) is 0 Å². The van der Waals surface area contributed by atoms with E-state index in [1.54, 1.807) is 12.0 Å². The van der Waals surface area contributed by atoms with Crippen molar-refractivity contribution in [2.75, 3.05) is 32.5 Å². The Labute approximate surface area is 197 Å². The Bertz CT molecular complexity index is 807. The van der Waals surface area contributed by atoms with Crippen LogP contribution in [-0.4, -0.2) is 60.2 Å². The molecule has 1 spiro atoms. The minimum absolute atomic E-state index is 0.0645. The molecule has 1 saturated carbocycles. The number of amides is 2. The Morgan fingerprint density at radius 2 is 1.97 bits per heavy atom. The van der Waals surface area contributed by atoms with E-state index >= 15 is 0 Å². The Morgan fingerprint density at radius 1 is 1.16 bits per heavy atom. The number of hydrogen-bond donors (Lipinski definition) is 0. The smallest absolute Gasteiger partial charge is 0.235 e. The number of likely N-dealkylation sites (tertiary alicyclic amines) is 1. The molecule has 2 aliphatic heterocycles. The summed E-state index contributed by atoms with van der Waals surface area (Å²) in [6.07, 6.45) is 9.71. The highest BCUT2D eigenvalue weighted by Crippen LogP contribution is 2.45. The molecule has 2 amide bonds. The van der Waals surface area contributed by atoms with Crippen LogP contribution in [0.1, 0.15) is 70.3 Å². The fraction of sp³-hybridized carbons (Fsp3) is 0.692. The second-order valence-corrected chi connectivity index (χ2v) is 10.8. The highest BCUT2D eigenvalue weighted by atomic mass is 32.2. The third kappa shape index (κ3) is 4.86. The van der Waals surface area contributed by atoms with Gasteiger partial charge >= 0.3 is 0 Å². The predicted molar refractivity (Wildman–Crippen MR) is 129 cm³/mol. The number of fused-ring (bicyclic) bond motifs is 1. The van der Waals surface area contributed by atoms with Crippen molar-refractivity contribution in [3.63, 3.8) is 0 Å². The molecule has 0 aromatic heterocycles. The quantitative estimate of drug-likeness (QED) is 0.389. The van der Waals surface area contributed by atoms with Gasteiger partial charge in [0.05, 0.1) is 12.5 Å². The summed E-state index contributed by atoms with van der Waals surface area (Å²) in [6.45, 7) is 4.93. The van der Waals surface area contributed by atoms with E-state index in [4.69, 9.17) is 4.74 Å². The number of thioether (sulfide) groups is 1. The van der Waals surface area contributed by atoms with E-state index in [2.05, 4.69) is 30.0 Å². The molecule has 32 heavy (non-hydrogen) atoms. The number of unbranched alkanes of at least 4 members (excludes halogenated alkanes) is 1. The summed E-state index contributed by atoms with van der Waals surface area (Å²) in [5.41, 5.74) is 0.985. The van der Waals surface area contributed by atoms with E-state index < -0.39 is 0 Å². The lowest BCUT2D eigenvalue weighted by molar-refractivity contribution is -0.142. The fourth-order valence-corrected chi connectivity index (χ4v) is 7.08. The molecule has 1 aliphatic carbocycles. The van der Waals surface area contributed by atoms with Crippen LogP contribution in [0.5, 0.6) is 5.75 Å². The molecule has 1 atom stereocenters. The molecule has 0 bridgehead atoms. The average Bonchev–Trinajstić information content (AvgIpc) is 3.04. The minimum Gasteiger partial charge on any atom is -0.496 e. The molecule has 1 aromatic carbocycles. The summed E-state index contributed by atoms with van der Waals surface area (Å²) in [7, 11) is 1.76. The number of carbonyl (C=O) groups is 2. The molecular weight excluding hydrogens is 420 g/mol. The van der Waals surface area contributed by atoms with Crippen molar-refractivity contribution in [3.05, 3.63) is 23.8 Å². The molecule has 5 nitrogen and oxygen atoms in total. The molecular formula is C26H38N2O3S. The predicted octanol–water partition coefficient (Wildman–Crippen LogP) is 4.91. The number of methoxy groups -OCH3 is 1. The second kappa shape index (κ2) is 10.6. The van der Waals surface area contributed by atoms with Gasteiger partial charge in [-0.05, 0) is 63.7 Å². The normalized spacial score (nSPS) is 22.6. The molecule has 2 fully saturated rings. The van der Waals surface area contributed by atoms with Crippen LogP contribution in [0.2, 0.25) is 0 Å². The molecule has 1 aromatic rings. The third-order valence-corrected chi connectivity index (χ3v) is 8.83. The SMILES string of the molecule is CCCN(CCCCN1C(=O)CC2(CCCCC2)C1=O)C1CSc2cccc(OC)c2C1. The molecule has 4 rings (SSSR count). The van der Waals surface area contributed by atoms with Crippen LogP contribution in [0.15, 0.2) is 23.1 Å². The van der Waals surface area contributed by atoms with Gasteiger partial charge in [-0.2, -0.15) is 0 Å². The van der Waals surface area contributed by atoms with Crippen LogP contribution in [0, 0.1) is 5.41 Å². The van der Waals surface area contributed by atoms with Crippen molar-refractivity contribution in [2.24, 2.45) is 5.41 Å². The van der Waals surface area contributed by atoms with Crippen molar-refractivity contribution >= 4 is 23.6 Å². The molecule has 1 unspecified atom stereocenters. The minimum atomic E-state index is -0.352. The maximum absolute atomic E-state index is 13.0. The monoisotopic (exact) mass is 458 g/mol. The first-order chi connectivity index (χ1) is 15.6. The van der Waals surface area contributed by atoms with Gasteiger partial charge in [0.2, 0.25) is 11.8 Å². The van der Waals surface area contributed by atoms with E-state index in [0.717, 1.165) is 76.0 Å². The lowest BCUT2D eigenvalue weighted by atomic mass is 9.73. The summed E-state index contributed by atoms with van der Waals surface area (Å²) in [5.74, 6) is 2.29. The van der Waals surface area contributed by atoms with Crippen LogP contribution in [0.25, 0.3) is 0 Å². The summed E-state index contributed by atoms with van der Waals surface area (Å²) in [6, 6.07) is 6.85. The Hall–Kier alpha value is -1.53. The maximum atomic E-state index is 13.0. The number of benzene rings is 1.